The Kier molecular flexibility index (Phi) is 18.2. The normalized spacial score (nSPS) is 14.0. The smallest absolute Gasteiger partial charge is 0.243 e. The molecule has 19 heteroatoms. The van der Waals surface area contributed by atoms with E-state index in [4.69, 9.17) is 23.2 Å². The number of Topliss-reactive ketones (excluding diaryl/α,β-unsaturated/α-hetero) is 3. The number of rotatable bonds is 22. The van der Waals surface area contributed by atoms with Crippen LogP contribution < -0.4 is 16.0 Å². The third kappa shape index (κ3) is 15.5. The maximum absolute atomic E-state index is 14.2. The molecule has 0 unspecified atom stereocenters. The number of amides is 5. The van der Waals surface area contributed by atoms with Gasteiger partial charge in [-0.1, -0.05) is 74.3 Å². The molecule has 5 amide bonds. The fourth-order valence-corrected chi connectivity index (χ4v) is 9.94. The molecule has 416 valence electrons. The fourth-order valence-electron chi connectivity index (χ4n) is 9.55. The number of fused-ring (bicyclic) bond motifs is 2. The maximum Gasteiger partial charge on any atom is 0.243 e. The van der Waals surface area contributed by atoms with Crippen molar-refractivity contribution in [1.29, 1.82) is 0 Å². The third-order valence-corrected chi connectivity index (χ3v) is 14.6. The second-order valence-corrected chi connectivity index (χ2v) is 23.0. The molecule has 9 rings (SSSR count). The van der Waals surface area contributed by atoms with E-state index in [9.17, 15) is 47.1 Å². The van der Waals surface area contributed by atoms with E-state index < -0.39 is 23.4 Å². The Bertz CT molecular complexity index is 3370. The molecular weight excluding hydrogens is 1060 g/mol. The van der Waals surface area contributed by atoms with Gasteiger partial charge in [0.2, 0.25) is 29.5 Å². The summed E-state index contributed by atoms with van der Waals surface area (Å²) in [6, 6.07) is 20.0. The molecule has 3 fully saturated rings. The van der Waals surface area contributed by atoms with E-state index in [1.807, 2.05) is 39.0 Å². The predicted molar refractivity (Wildman–Crippen MR) is 299 cm³/mol. The molecule has 6 aromatic rings. The predicted octanol–water partition coefficient (Wildman–Crippen LogP) is 10.2. The van der Waals surface area contributed by atoms with Crippen molar-refractivity contribution in [2.75, 3.05) is 18.4 Å². The zero-order valence-electron chi connectivity index (χ0n) is 45.0. The van der Waals surface area contributed by atoms with E-state index in [-0.39, 0.29) is 113 Å². The van der Waals surface area contributed by atoms with Gasteiger partial charge in [-0.05, 0) is 112 Å². The number of carbonyl (C=O) groups excluding carboxylic acids is 8. The van der Waals surface area contributed by atoms with Crippen LogP contribution in [-0.4, -0.2) is 91.0 Å². The minimum Gasteiger partial charge on any atom is -0.350 e. The lowest BCUT2D eigenvalue weighted by atomic mass is 9.92. The molecule has 0 saturated heterocycles. The van der Waals surface area contributed by atoms with Crippen LogP contribution in [0.5, 0.6) is 0 Å². The minimum absolute atomic E-state index is 0.0163. The number of hydrogen-bond acceptors (Lipinski definition) is 8. The number of benzene rings is 4. The Morgan fingerprint density at radius 3 is 1.53 bits per heavy atom. The molecule has 3 aliphatic carbocycles. The number of nitrogens with one attached hydrogen (secondary N) is 3. The molecule has 0 spiro atoms. The van der Waals surface area contributed by atoms with E-state index in [1.165, 1.54) is 36.9 Å². The van der Waals surface area contributed by atoms with Crippen LogP contribution in [-0.2, 0) is 61.4 Å². The second kappa shape index (κ2) is 24.8. The number of hydrogen-bond donors (Lipinski definition) is 3. The molecule has 15 nitrogen and oxygen atoms in total. The summed E-state index contributed by atoms with van der Waals surface area (Å²) in [5.74, 6) is -2.15. The van der Waals surface area contributed by atoms with Gasteiger partial charge < -0.3 is 34.9 Å². The second-order valence-electron chi connectivity index (χ2n) is 22.2. The molecule has 3 aliphatic rings. The van der Waals surface area contributed by atoms with Crippen molar-refractivity contribution in [3.8, 4) is 0 Å². The molecule has 3 N–H and O–H groups in total. The number of halogens is 4. The molecule has 3 saturated carbocycles. The molecule has 0 radical (unpaired) electrons. The first-order valence-corrected chi connectivity index (χ1v) is 27.3. The Morgan fingerprint density at radius 1 is 0.620 bits per heavy atom. The number of nitrogens with zero attached hydrogens (tertiary/aromatic N) is 4. The van der Waals surface area contributed by atoms with Crippen LogP contribution in [0, 0.1) is 23.0 Å². The van der Waals surface area contributed by atoms with E-state index in [2.05, 4.69) is 16.0 Å². The molecule has 0 atom stereocenters. The van der Waals surface area contributed by atoms with Gasteiger partial charge in [0.15, 0.2) is 11.6 Å². The van der Waals surface area contributed by atoms with Gasteiger partial charge in [-0.15, -0.1) is 0 Å². The van der Waals surface area contributed by atoms with Gasteiger partial charge in [0, 0.05) is 107 Å². The first kappa shape index (κ1) is 57.9. The summed E-state index contributed by atoms with van der Waals surface area (Å²) >= 11 is 11.6. The summed E-state index contributed by atoms with van der Waals surface area (Å²) in [6.45, 7) is 8.40. The van der Waals surface area contributed by atoms with Crippen molar-refractivity contribution in [3.05, 3.63) is 135 Å². The average molecular weight is 1120 g/mol. The van der Waals surface area contributed by atoms with Crippen LogP contribution in [0.4, 0.5) is 14.5 Å². The van der Waals surface area contributed by atoms with E-state index in [0.717, 1.165) is 49.6 Å². The van der Waals surface area contributed by atoms with Crippen LogP contribution in [0.25, 0.3) is 21.8 Å². The monoisotopic (exact) mass is 1120 g/mol. The first-order chi connectivity index (χ1) is 37.5. The SMILES string of the molecule is CC(=O)c1cn(CC(=O)N(CC(=O)NCc2cccc(Cl)c2F)C2CC2)c2ccc(CC(=O)CC3CC3)cc12.CC(=O)c1cn(CC(=O)N(CC(=O)NCc2cccc(Cl)c2F)C2CC2)c2ccc(NC(=O)CC(C)(C)C)cc12. The summed E-state index contributed by atoms with van der Waals surface area (Å²) in [5, 5.41) is 9.54. The largest absolute Gasteiger partial charge is 0.350 e. The van der Waals surface area contributed by atoms with Gasteiger partial charge >= 0.3 is 0 Å². The molecule has 2 heterocycles. The van der Waals surface area contributed by atoms with Crippen LogP contribution in [0.1, 0.15) is 123 Å². The van der Waals surface area contributed by atoms with Crippen LogP contribution in [0.3, 0.4) is 0 Å². The summed E-state index contributed by atoms with van der Waals surface area (Å²) in [7, 11) is 0. The Labute approximate surface area is 467 Å². The van der Waals surface area contributed by atoms with E-state index >= 15 is 0 Å². The van der Waals surface area contributed by atoms with Gasteiger partial charge in [0.25, 0.3) is 0 Å². The van der Waals surface area contributed by atoms with Gasteiger partial charge in [-0.2, -0.15) is 0 Å². The summed E-state index contributed by atoms with van der Waals surface area (Å²) in [6.07, 6.45) is 10.0. The number of aromatic nitrogens is 2. The highest BCUT2D eigenvalue weighted by Gasteiger charge is 2.36. The standard InChI is InChI=1S/C30H34ClFN4O4.C30H31ClFN3O4/c1-18(37)23-15-35(25-11-8-20(12-22(23)25)34-26(38)13-30(2,3)4)17-28(40)36(21-9-10-21)16-27(39)33-14-19-6-5-7-24(31)29(19)32;1-18(36)25-15-34(27-10-7-20(13-24(25)27)12-23(37)11-19-5-6-19)17-29(39)35(22-8-9-22)16-28(38)33-14-21-3-2-4-26(31)30(21)32/h5-8,11-12,15,21H,9-10,13-14,16-17H2,1-4H3,(H,33,39)(H,34,38);2-4,7,10,13,15,19,22H,5-6,8-9,11-12,14,16-17H2,1H3,(H,33,38). The van der Waals surface area contributed by atoms with Gasteiger partial charge in [-0.3, -0.25) is 38.4 Å². The minimum atomic E-state index is -0.586. The summed E-state index contributed by atoms with van der Waals surface area (Å²) in [4.78, 5) is 105. The fraction of sp³-hybridized carbons (Fsp3) is 0.400. The third-order valence-electron chi connectivity index (χ3n) is 14.0. The highest BCUT2D eigenvalue weighted by molar-refractivity contribution is 6.31. The first-order valence-electron chi connectivity index (χ1n) is 26.6. The Balaban J connectivity index is 0.000000208. The van der Waals surface area contributed by atoms with Crippen molar-refractivity contribution < 1.29 is 47.1 Å². The lowest BCUT2D eigenvalue weighted by molar-refractivity contribution is -0.137. The summed E-state index contributed by atoms with van der Waals surface area (Å²) < 4.78 is 31.8. The van der Waals surface area contributed by atoms with Crippen molar-refractivity contribution in [3.63, 3.8) is 0 Å². The van der Waals surface area contributed by atoms with E-state index in [0.29, 0.717) is 58.3 Å². The zero-order valence-corrected chi connectivity index (χ0v) is 46.5. The zero-order chi connectivity index (χ0) is 56.9. The van der Waals surface area contributed by atoms with Crippen LogP contribution >= 0.6 is 23.2 Å². The van der Waals surface area contributed by atoms with Gasteiger partial charge in [0.05, 0.1) is 23.1 Å². The van der Waals surface area contributed by atoms with Crippen molar-refractivity contribution in [2.24, 2.45) is 11.3 Å². The number of carbonyl (C=O) groups is 8. The van der Waals surface area contributed by atoms with Crippen LogP contribution in [0.15, 0.2) is 85.2 Å². The highest BCUT2D eigenvalue weighted by Crippen LogP contribution is 2.34. The maximum atomic E-state index is 14.2. The lowest BCUT2D eigenvalue weighted by Gasteiger charge is -2.22. The van der Waals surface area contributed by atoms with Crippen molar-refractivity contribution in [1.82, 2.24) is 29.6 Å². The average Bonchev–Trinajstić information content (AvgIpc) is 4.39. The number of ketones is 3. The van der Waals surface area contributed by atoms with E-state index in [1.54, 1.807) is 62.8 Å². The Morgan fingerprint density at radius 2 is 1.09 bits per heavy atom. The van der Waals surface area contributed by atoms with Crippen LogP contribution in [0.2, 0.25) is 10.0 Å². The molecule has 2 aromatic heterocycles. The highest BCUT2D eigenvalue weighted by atomic mass is 35.5. The van der Waals surface area contributed by atoms with Gasteiger partial charge in [0.1, 0.15) is 30.5 Å². The van der Waals surface area contributed by atoms with Crippen molar-refractivity contribution >= 4 is 97.6 Å². The number of anilines is 1. The molecule has 4 aromatic carbocycles. The lowest BCUT2D eigenvalue weighted by Crippen LogP contribution is -2.43. The topological polar surface area (TPSA) is 189 Å². The molecule has 0 aliphatic heterocycles. The summed E-state index contributed by atoms with van der Waals surface area (Å²) in [5.41, 5.74) is 4.11. The quantitative estimate of drug-likeness (QED) is 0.0560. The van der Waals surface area contributed by atoms with Crippen molar-refractivity contribution in [2.45, 2.75) is 131 Å². The van der Waals surface area contributed by atoms with Gasteiger partial charge in [-0.25, -0.2) is 8.78 Å². The molecular formula is C60H65Cl2F2N7O8. The Hall–Kier alpha value is -7.24. The molecule has 0 bridgehead atoms. The molecule has 79 heavy (non-hydrogen) atoms.